The van der Waals surface area contributed by atoms with Gasteiger partial charge in [-0.05, 0) is 6.42 Å². The van der Waals surface area contributed by atoms with Gasteiger partial charge < -0.3 is 4.52 Å². The Balaban J connectivity index is 1.86. The standard InChI is InChI=1S/C15H22N6O3S/c1-4-20(5-2)25(22,23)21-7-6-12(9-21)14-13(8-16-10-17-14)15-18-11(3)24-19-15/h8,10,12H,4-7,9H2,1-3H3/t12-/m1/s1. The molecule has 1 saturated heterocycles. The summed E-state index contributed by atoms with van der Waals surface area (Å²) in [6, 6.07) is 0. The summed E-state index contributed by atoms with van der Waals surface area (Å²) in [6.45, 7) is 7.18. The van der Waals surface area contributed by atoms with E-state index in [1.165, 1.54) is 14.9 Å². The topological polar surface area (TPSA) is 105 Å². The molecule has 1 aliphatic rings. The average molecular weight is 366 g/mol. The Morgan fingerprint density at radius 2 is 2.12 bits per heavy atom. The molecule has 0 spiro atoms. The monoisotopic (exact) mass is 366 g/mol. The number of hydrogen-bond donors (Lipinski definition) is 0. The van der Waals surface area contributed by atoms with Gasteiger partial charge in [0.05, 0.1) is 11.3 Å². The van der Waals surface area contributed by atoms with Gasteiger partial charge in [-0.1, -0.05) is 19.0 Å². The van der Waals surface area contributed by atoms with Crippen molar-refractivity contribution in [3.8, 4) is 11.4 Å². The predicted molar refractivity (Wildman–Crippen MR) is 90.8 cm³/mol. The molecular formula is C15H22N6O3S. The van der Waals surface area contributed by atoms with Crippen LogP contribution in [-0.4, -0.2) is 63.3 Å². The Morgan fingerprint density at radius 3 is 2.76 bits per heavy atom. The fourth-order valence-corrected chi connectivity index (χ4v) is 4.80. The van der Waals surface area contributed by atoms with Crippen LogP contribution in [0, 0.1) is 6.92 Å². The van der Waals surface area contributed by atoms with Gasteiger partial charge in [0.15, 0.2) is 0 Å². The van der Waals surface area contributed by atoms with E-state index in [1.54, 1.807) is 13.1 Å². The second-order valence-corrected chi connectivity index (χ2v) is 7.82. The van der Waals surface area contributed by atoms with Crippen LogP contribution in [0.25, 0.3) is 11.4 Å². The predicted octanol–water partition coefficient (Wildman–Crippen LogP) is 1.21. The first-order valence-electron chi connectivity index (χ1n) is 8.33. The third-order valence-corrected chi connectivity index (χ3v) is 6.56. The van der Waals surface area contributed by atoms with Crippen LogP contribution in [0.5, 0.6) is 0 Å². The summed E-state index contributed by atoms with van der Waals surface area (Å²) in [6.07, 6.45) is 3.81. The third-order valence-electron chi connectivity index (χ3n) is 4.41. The molecule has 1 aliphatic heterocycles. The maximum Gasteiger partial charge on any atom is 0.281 e. The molecule has 9 nitrogen and oxygen atoms in total. The van der Waals surface area contributed by atoms with E-state index in [2.05, 4.69) is 20.1 Å². The highest BCUT2D eigenvalue weighted by atomic mass is 32.2. The van der Waals surface area contributed by atoms with Gasteiger partial charge in [-0.3, -0.25) is 0 Å². The molecule has 25 heavy (non-hydrogen) atoms. The van der Waals surface area contributed by atoms with Crippen molar-refractivity contribution in [1.29, 1.82) is 0 Å². The molecule has 3 heterocycles. The summed E-state index contributed by atoms with van der Waals surface area (Å²) in [7, 11) is -3.44. The highest BCUT2D eigenvalue weighted by Gasteiger charge is 2.36. The smallest absolute Gasteiger partial charge is 0.281 e. The van der Waals surface area contributed by atoms with Gasteiger partial charge in [0, 0.05) is 45.2 Å². The number of aryl methyl sites for hydroxylation is 1. The molecule has 1 atom stereocenters. The Kier molecular flexibility index (Phi) is 5.11. The minimum atomic E-state index is -3.44. The van der Waals surface area contributed by atoms with Crippen molar-refractivity contribution < 1.29 is 12.9 Å². The van der Waals surface area contributed by atoms with E-state index in [4.69, 9.17) is 4.52 Å². The molecule has 0 saturated carbocycles. The van der Waals surface area contributed by atoms with Crippen LogP contribution in [0.2, 0.25) is 0 Å². The fraction of sp³-hybridized carbons (Fsp3) is 0.600. The van der Waals surface area contributed by atoms with Gasteiger partial charge >= 0.3 is 0 Å². The van der Waals surface area contributed by atoms with Gasteiger partial charge in [0.25, 0.3) is 10.2 Å². The molecule has 0 aliphatic carbocycles. The lowest BCUT2D eigenvalue weighted by molar-refractivity contribution is 0.377. The zero-order valence-corrected chi connectivity index (χ0v) is 15.4. The third kappa shape index (κ3) is 3.42. The molecule has 2 aromatic heterocycles. The molecular weight excluding hydrogens is 344 g/mol. The van der Waals surface area contributed by atoms with Crippen LogP contribution in [0.4, 0.5) is 0 Å². The summed E-state index contributed by atoms with van der Waals surface area (Å²) in [4.78, 5) is 12.7. The molecule has 1 fully saturated rings. The Bertz CT molecular complexity index is 833. The molecule has 0 amide bonds. The SMILES string of the molecule is CCN(CC)S(=O)(=O)N1CC[C@@H](c2ncncc2-c2noc(C)n2)C1. The Hall–Kier alpha value is -1.91. The van der Waals surface area contributed by atoms with Gasteiger partial charge in [0.2, 0.25) is 11.7 Å². The molecule has 0 aromatic carbocycles. The number of nitrogens with zero attached hydrogens (tertiary/aromatic N) is 6. The largest absolute Gasteiger partial charge is 0.339 e. The molecule has 10 heteroatoms. The molecule has 2 aromatic rings. The second kappa shape index (κ2) is 7.14. The highest BCUT2D eigenvalue weighted by Crippen LogP contribution is 2.33. The maximum absolute atomic E-state index is 12.7. The van der Waals surface area contributed by atoms with Crippen LogP contribution in [0.3, 0.4) is 0 Å². The zero-order chi connectivity index (χ0) is 18.0. The lowest BCUT2D eigenvalue weighted by Gasteiger charge is -2.25. The van der Waals surface area contributed by atoms with Crippen LogP contribution >= 0.6 is 0 Å². The van der Waals surface area contributed by atoms with Crippen molar-refractivity contribution in [1.82, 2.24) is 28.7 Å². The first-order chi connectivity index (χ1) is 12.0. The van der Waals surface area contributed by atoms with Crippen molar-refractivity contribution in [2.24, 2.45) is 0 Å². The van der Waals surface area contributed by atoms with Crippen molar-refractivity contribution in [2.75, 3.05) is 26.2 Å². The summed E-state index contributed by atoms with van der Waals surface area (Å²) in [5.41, 5.74) is 1.44. The van der Waals surface area contributed by atoms with E-state index in [0.717, 1.165) is 5.69 Å². The minimum absolute atomic E-state index is 0.0258. The lowest BCUT2D eigenvalue weighted by Crippen LogP contribution is -2.42. The quantitative estimate of drug-likeness (QED) is 0.756. The summed E-state index contributed by atoms with van der Waals surface area (Å²) >= 11 is 0. The van der Waals surface area contributed by atoms with E-state index in [-0.39, 0.29) is 5.92 Å². The lowest BCUT2D eigenvalue weighted by atomic mass is 10.00. The van der Waals surface area contributed by atoms with Crippen LogP contribution in [-0.2, 0) is 10.2 Å². The summed E-state index contributed by atoms with van der Waals surface area (Å²) in [5, 5.41) is 3.93. The first kappa shape index (κ1) is 17.9. The number of rotatable bonds is 6. The van der Waals surface area contributed by atoms with Crippen molar-refractivity contribution in [2.45, 2.75) is 33.1 Å². The highest BCUT2D eigenvalue weighted by molar-refractivity contribution is 7.86. The van der Waals surface area contributed by atoms with E-state index in [1.807, 2.05) is 13.8 Å². The fourth-order valence-electron chi connectivity index (χ4n) is 3.12. The molecule has 0 radical (unpaired) electrons. The molecule has 3 rings (SSSR count). The van der Waals surface area contributed by atoms with Gasteiger partial charge in [-0.2, -0.15) is 22.0 Å². The molecule has 136 valence electrons. The van der Waals surface area contributed by atoms with E-state index in [0.29, 0.717) is 49.9 Å². The van der Waals surface area contributed by atoms with Crippen molar-refractivity contribution in [3.63, 3.8) is 0 Å². The van der Waals surface area contributed by atoms with E-state index < -0.39 is 10.2 Å². The Morgan fingerprint density at radius 1 is 1.36 bits per heavy atom. The van der Waals surface area contributed by atoms with Crippen molar-refractivity contribution in [3.05, 3.63) is 24.1 Å². The second-order valence-electron chi connectivity index (χ2n) is 5.89. The van der Waals surface area contributed by atoms with Crippen LogP contribution < -0.4 is 0 Å². The van der Waals surface area contributed by atoms with Crippen molar-refractivity contribution >= 4 is 10.2 Å². The van der Waals surface area contributed by atoms with Gasteiger partial charge in [-0.25, -0.2) is 9.97 Å². The zero-order valence-electron chi connectivity index (χ0n) is 14.6. The normalized spacial score (nSPS) is 19.0. The number of hydrogen-bond acceptors (Lipinski definition) is 7. The minimum Gasteiger partial charge on any atom is -0.339 e. The maximum atomic E-state index is 12.7. The van der Waals surface area contributed by atoms with Crippen LogP contribution in [0.15, 0.2) is 17.0 Å². The Labute approximate surface area is 147 Å². The molecule has 0 N–H and O–H groups in total. The summed E-state index contributed by atoms with van der Waals surface area (Å²) < 4.78 is 33.5. The molecule has 0 bridgehead atoms. The average Bonchev–Trinajstić information content (AvgIpc) is 3.25. The van der Waals surface area contributed by atoms with Crippen LogP contribution in [0.1, 0.15) is 37.8 Å². The molecule has 0 unspecified atom stereocenters. The van der Waals surface area contributed by atoms with Gasteiger partial charge in [-0.15, -0.1) is 0 Å². The van der Waals surface area contributed by atoms with E-state index >= 15 is 0 Å². The summed E-state index contributed by atoms with van der Waals surface area (Å²) in [5.74, 6) is 0.863. The number of aromatic nitrogens is 4. The first-order valence-corrected chi connectivity index (χ1v) is 9.72. The van der Waals surface area contributed by atoms with Gasteiger partial charge in [0.1, 0.15) is 6.33 Å². The van der Waals surface area contributed by atoms with E-state index in [9.17, 15) is 8.42 Å².